The molecule has 0 spiro atoms. The molecule has 2 aromatic heterocycles. The summed E-state index contributed by atoms with van der Waals surface area (Å²) in [5, 5.41) is 8.97. The van der Waals surface area contributed by atoms with Crippen molar-refractivity contribution >= 4 is 17.2 Å². The molecule has 4 rings (SSSR count). The van der Waals surface area contributed by atoms with Crippen molar-refractivity contribution in [1.82, 2.24) is 20.4 Å². The smallest absolute Gasteiger partial charge is 0.241 e. The number of carbonyl (C=O) groups is 1. The zero-order chi connectivity index (χ0) is 19.3. The van der Waals surface area contributed by atoms with Gasteiger partial charge in [0.25, 0.3) is 0 Å². The Kier molecular flexibility index (Phi) is 5.78. The molecule has 1 N–H and O–H groups in total. The van der Waals surface area contributed by atoms with Crippen LogP contribution < -0.4 is 5.32 Å². The average Bonchev–Trinajstić information content (AvgIpc) is 3.40. The first kappa shape index (κ1) is 18.8. The van der Waals surface area contributed by atoms with Gasteiger partial charge in [0.05, 0.1) is 11.4 Å². The van der Waals surface area contributed by atoms with Crippen LogP contribution in [0.4, 0.5) is 4.39 Å². The quantitative estimate of drug-likeness (QED) is 0.686. The van der Waals surface area contributed by atoms with Crippen molar-refractivity contribution < 1.29 is 13.7 Å². The Hall–Kier alpha value is -2.58. The van der Waals surface area contributed by atoms with Crippen molar-refractivity contribution in [2.24, 2.45) is 5.92 Å². The molecule has 1 aliphatic rings. The Morgan fingerprint density at radius 1 is 1.25 bits per heavy atom. The van der Waals surface area contributed by atoms with Crippen molar-refractivity contribution in [2.75, 3.05) is 13.1 Å². The third-order valence-electron chi connectivity index (χ3n) is 4.91. The predicted octanol–water partition coefficient (Wildman–Crippen LogP) is 3.47. The fourth-order valence-electron chi connectivity index (χ4n) is 3.31. The molecule has 1 amide bonds. The van der Waals surface area contributed by atoms with Crippen LogP contribution in [0, 0.1) is 11.7 Å². The maximum absolute atomic E-state index is 12.9. The van der Waals surface area contributed by atoms with Crippen LogP contribution in [-0.4, -0.2) is 34.0 Å². The van der Waals surface area contributed by atoms with E-state index in [4.69, 9.17) is 4.52 Å². The monoisotopic (exact) mass is 400 g/mol. The van der Waals surface area contributed by atoms with Gasteiger partial charge in [0, 0.05) is 12.5 Å². The Morgan fingerprint density at radius 2 is 2.04 bits per heavy atom. The second-order valence-corrected chi connectivity index (χ2v) is 7.83. The van der Waals surface area contributed by atoms with E-state index in [1.54, 1.807) is 23.5 Å². The van der Waals surface area contributed by atoms with Crippen LogP contribution in [0.15, 0.2) is 46.3 Å². The van der Waals surface area contributed by atoms with Gasteiger partial charge in [0.2, 0.25) is 17.6 Å². The lowest BCUT2D eigenvalue weighted by molar-refractivity contribution is -0.126. The predicted molar refractivity (Wildman–Crippen MR) is 104 cm³/mol. The molecule has 3 aromatic rings. The van der Waals surface area contributed by atoms with Crippen LogP contribution in [0.1, 0.15) is 24.3 Å². The number of amides is 1. The van der Waals surface area contributed by atoms with Crippen LogP contribution in [0.3, 0.4) is 0 Å². The van der Waals surface area contributed by atoms with Gasteiger partial charge in [-0.1, -0.05) is 23.4 Å². The Morgan fingerprint density at radius 3 is 2.75 bits per heavy atom. The van der Waals surface area contributed by atoms with Crippen LogP contribution in [0.5, 0.6) is 0 Å². The summed E-state index contributed by atoms with van der Waals surface area (Å²) < 4.78 is 18.3. The Bertz CT molecular complexity index is 903. The number of carbonyl (C=O) groups excluding carboxylic acids is 1. The molecular weight excluding hydrogens is 379 g/mol. The van der Waals surface area contributed by atoms with Gasteiger partial charge in [-0.25, -0.2) is 4.39 Å². The van der Waals surface area contributed by atoms with E-state index in [2.05, 4.69) is 20.4 Å². The van der Waals surface area contributed by atoms with Gasteiger partial charge in [-0.05, 0) is 55.1 Å². The van der Waals surface area contributed by atoms with E-state index in [-0.39, 0.29) is 17.6 Å². The van der Waals surface area contributed by atoms with E-state index < -0.39 is 0 Å². The van der Waals surface area contributed by atoms with Gasteiger partial charge in [-0.3, -0.25) is 9.69 Å². The lowest BCUT2D eigenvalue weighted by Crippen LogP contribution is -2.40. The summed E-state index contributed by atoms with van der Waals surface area (Å²) >= 11 is 1.58. The van der Waals surface area contributed by atoms with E-state index in [0.717, 1.165) is 36.4 Å². The molecule has 8 heteroatoms. The summed E-state index contributed by atoms with van der Waals surface area (Å²) in [5.74, 6) is 1.01. The number of piperidine rings is 1. The minimum Gasteiger partial charge on any atom is -0.352 e. The zero-order valence-electron chi connectivity index (χ0n) is 15.3. The van der Waals surface area contributed by atoms with Crippen LogP contribution in [0.2, 0.25) is 0 Å². The molecule has 1 saturated heterocycles. The van der Waals surface area contributed by atoms with Crippen LogP contribution in [0.25, 0.3) is 10.7 Å². The number of hydrogen-bond donors (Lipinski definition) is 1. The molecule has 0 aliphatic carbocycles. The van der Waals surface area contributed by atoms with Crippen molar-refractivity contribution in [3.05, 3.63) is 59.0 Å². The van der Waals surface area contributed by atoms with Gasteiger partial charge in [0.15, 0.2) is 0 Å². The Labute approximate surface area is 166 Å². The highest BCUT2D eigenvalue weighted by molar-refractivity contribution is 7.13. The van der Waals surface area contributed by atoms with Crippen molar-refractivity contribution in [2.45, 2.75) is 25.9 Å². The van der Waals surface area contributed by atoms with E-state index in [1.807, 2.05) is 17.5 Å². The number of hydrogen-bond acceptors (Lipinski definition) is 6. The largest absolute Gasteiger partial charge is 0.352 e. The standard InChI is InChI=1S/C20H21FN4O2S/c21-16-5-3-14(4-6-16)12-22-20(26)15-7-9-25(10-8-15)13-18-23-19(24-27-18)17-2-1-11-28-17/h1-6,11,15H,7-10,12-13H2,(H,22,26). The highest BCUT2D eigenvalue weighted by atomic mass is 32.1. The van der Waals surface area contributed by atoms with Crippen LogP contribution in [-0.2, 0) is 17.9 Å². The van der Waals surface area contributed by atoms with E-state index >= 15 is 0 Å². The molecule has 3 heterocycles. The number of nitrogens with one attached hydrogen (secondary N) is 1. The fourth-order valence-corrected chi connectivity index (χ4v) is 3.95. The molecule has 28 heavy (non-hydrogen) atoms. The SMILES string of the molecule is O=C(NCc1ccc(F)cc1)C1CCN(Cc2nc(-c3cccs3)no2)CC1. The van der Waals surface area contributed by atoms with Crippen LogP contribution >= 0.6 is 11.3 Å². The second-order valence-electron chi connectivity index (χ2n) is 6.88. The number of nitrogens with zero attached hydrogens (tertiary/aromatic N) is 3. The number of likely N-dealkylation sites (tertiary alicyclic amines) is 1. The minimum atomic E-state index is -0.272. The number of halogens is 1. The third kappa shape index (κ3) is 4.63. The first-order chi connectivity index (χ1) is 13.7. The molecule has 0 bridgehead atoms. The summed E-state index contributed by atoms with van der Waals surface area (Å²) in [6.07, 6.45) is 1.59. The van der Waals surface area contributed by atoms with E-state index in [0.29, 0.717) is 24.8 Å². The summed E-state index contributed by atoms with van der Waals surface area (Å²) in [5.41, 5.74) is 0.894. The normalized spacial score (nSPS) is 15.6. The summed E-state index contributed by atoms with van der Waals surface area (Å²) in [7, 11) is 0. The first-order valence-electron chi connectivity index (χ1n) is 9.28. The molecule has 0 saturated carbocycles. The zero-order valence-corrected chi connectivity index (χ0v) is 16.1. The molecule has 0 radical (unpaired) electrons. The lowest BCUT2D eigenvalue weighted by atomic mass is 9.96. The van der Waals surface area contributed by atoms with Gasteiger partial charge in [0.1, 0.15) is 5.82 Å². The van der Waals surface area contributed by atoms with Crippen molar-refractivity contribution in [1.29, 1.82) is 0 Å². The van der Waals surface area contributed by atoms with Gasteiger partial charge < -0.3 is 9.84 Å². The van der Waals surface area contributed by atoms with Gasteiger partial charge in [-0.15, -0.1) is 11.3 Å². The number of rotatable bonds is 6. The van der Waals surface area contributed by atoms with Gasteiger partial charge >= 0.3 is 0 Å². The average molecular weight is 400 g/mol. The number of thiophene rings is 1. The van der Waals surface area contributed by atoms with Crippen molar-refractivity contribution in [3.8, 4) is 10.7 Å². The minimum absolute atomic E-state index is 0.000985. The maximum Gasteiger partial charge on any atom is 0.241 e. The number of aromatic nitrogens is 2. The molecule has 146 valence electrons. The molecule has 6 nitrogen and oxygen atoms in total. The fraction of sp³-hybridized carbons (Fsp3) is 0.350. The van der Waals surface area contributed by atoms with E-state index in [1.165, 1.54) is 12.1 Å². The molecular formula is C20H21FN4O2S. The molecule has 1 aromatic carbocycles. The Balaban J connectivity index is 1.23. The molecule has 0 unspecified atom stereocenters. The van der Waals surface area contributed by atoms with Crippen molar-refractivity contribution in [3.63, 3.8) is 0 Å². The molecule has 1 aliphatic heterocycles. The molecule has 1 fully saturated rings. The third-order valence-corrected chi connectivity index (χ3v) is 5.77. The maximum atomic E-state index is 12.9. The lowest BCUT2D eigenvalue weighted by Gasteiger charge is -2.30. The second kappa shape index (κ2) is 8.62. The summed E-state index contributed by atoms with van der Waals surface area (Å²) in [6.45, 7) is 2.64. The van der Waals surface area contributed by atoms with E-state index in [9.17, 15) is 9.18 Å². The first-order valence-corrected chi connectivity index (χ1v) is 10.2. The number of benzene rings is 1. The molecule has 0 atom stereocenters. The highest BCUT2D eigenvalue weighted by Gasteiger charge is 2.26. The summed E-state index contributed by atoms with van der Waals surface area (Å²) in [4.78, 5) is 20.1. The summed E-state index contributed by atoms with van der Waals surface area (Å²) in [6, 6.07) is 10.1. The topological polar surface area (TPSA) is 71.3 Å². The highest BCUT2D eigenvalue weighted by Crippen LogP contribution is 2.23. The van der Waals surface area contributed by atoms with Gasteiger partial charge in [-0.2, -0.15) is 4.98 Å².